The lowest BCUT2D eigenvalue weighted by Crippen LogP contribution is -2.43. The standard InChI is InChI=1S/C23H31N3O3S/c1-23(2,3)20-13-11-19(12-14-20)21-16-26(24-17-30(28)29)22(27)25(21)15-7-10-18-8-5-4-6-9-18/h4-6,8-9,11-14,21,24H,7,10,15-17H2,1-3H3,(H,28,29)/t21-/m0/s1. The van der Waals surface area contributed by atoms with Crippen molar-refractivity contribution in [3.8, 4) is 0 Å². The van der Waals surface area contributed by atoms with E-state index in [9.17, 15) is 9.00 Å². The first-order chi connectivity index (χ1) is 14.3. The highest BCUT2D eigenvalue weighted by Gasteiger charge is 2.38. The van der Waals surface area contributed by atoms with Crippen LogP contribution in [0.4, 0.5) is 4.79 Å². The Kier molecular flexibility index (Phi) is 7.28. The third-order valence-electron chi connectivity index (χ3n) is 5.46. The van der Waals surface area contributed by atoms with Crippen LogP contribution in [0.25, 0.3) is 0 Å². The van der Waals surface area contributed by atoms with Gasteiger partial charge >= 0.3 is 6.03 Å². The molecule has 1 aliphatic heterocycles. The highest BCUT2D eigenvalue weighted by molar-refractivity contribution is 7.79. The number of nitrogens with one attached hydrogen (secondary N) is 1. The smallest absolute Gasteiger partial charge is 0.315 e. The SMILES string of the molecule is CC(C)(C)c1ccc([C@@H]2CN(NCS(=O)O)C(=O)N2CCCc2ccccc2)cc1. The molecule has 1 fully saturated rings. The molecule has 0 bridgehead atoms. The van der Waals surface area contributed by atoms with Crippen LogP contribution >= 0.6 is 0 Å². The molecule has 1 aliphatic rings. The molecule has 7 heteroatoms. The lowest BCUT2D eigenvalue weighted by atomic mass is 9.86. The van der Waals surface area contributed by atoms with Gasteiger partial charge in [-0.1, -0.05) is 75.4 Å². The minimum absolute atomic E-state index is 0.0676. The molecule has 2 amide bonds. The number of benzene rings is 2. The second-order valence-corrected chi connectivity index (χ2v) is 9.62. The first-order valence-electron chi connectivity index (χ1n) is 10.3. The lowest BCUT2D eigenvalue weighted by Gasteiger charge is -2.25. The van der Waals surface area contributed by atoms with E-state index in [4.69, 9.17) is 4.55 Å². The molecule has 2 N–H and O–H groups in total. The van der Waals surface area contributed by atoms with Crippen molar-refractivity contribution >= 4 is 17.1 Å². The molecule has 0 aromatic heterocycles. The van der Waals surface area contributed by atoms with E-state index in [0.29, 0.717) is 13.1 Å². The molecule has 0 aliphatic carbocycles. The number of urea groups is 1. The summed E-state index contributed by atoms with van der Waals surface area (Å²) in [5.41, 5.74) is 6.44. The number of hydrazine groups is 1. The van der Waals surface area contributed by atoms with Crippen LogP contribution < -0.4 is 5.43 Å². The van der Waals surface area contributed by atoms with E-state index in [-0.39, 0.29) is 23.4 Å². The number of amides is 2. The molecular weight excluding hydrogens is 398 g/mol. The molecule has 162 valence electrons. The van der Waals surface area contributed by atoms with Crippen molar-refractivity contribution < 1.29 is 13.6 Å². The van der Waals surface area contributed by atoms with Crippen LogP contribution in [0.1, 0.15) is 49.9 Å². The van der Waals surface area contributed by atoms with Crippen LogP contribution in [-0.4, -0.2) is 43.7 Å². The average Bonchev–Trinajstić information content (AvgIpc) is 3.02. The van der Waals surface area contributed by atoms with E-state index in [2.05, 4.69) is 62.6 Å². The molecule has 30 heavy (non-hydrogen) atoms. The quantitative estimate of drug-likeness (QED) is 0.620. The van der Waals surface area contributed by atoms with Crippen molar-refractivity contribution in [3.05, 3.63) is 71.3 Å². The van der Waals surface area contributed by atoms with Gasteiger partial charge in [0.2, 0.25) is 0 Å². The Hall–Kier alpha value is -2.22. The second kappa shape index (κ2) is 9.73. The number of hydrogen-bond acceptors (Lipinski definition) is 3. The monoisotopic (exact) mass is 429 g/mol. The van der Waals surface area contributed by atoms with Crippen molar-refractivity contribution in [1.29, 1.82) is 0 Å². The fourth-order valence-corrected chi connectivity index (χ4v) is 4.01. The predicted octanol–water partition coefficient (Wildman–Crippen LogP) is 4.08. The molecule has 3 rings (SSSR count). The van der Waals surface area contributed by atoms with Gasteiger partial charge in [-0.15, -0.1) is 0 Å². The van der Waals surface area contributed by atoms with Gasteiger partial charge in [0.15, 0.2) is 11.1 Å². The summed E-state index contributed by atoms with van der Waals surface area (Å²) in [7, 11) is 0. The van der Waals surface area contributed by atoms with Crippen LogP contribution in [0.3, 0.4) is 0 Å². The highest BCUT2D eigenvalue weighted by atomic mass is 32.2. The molecule has 6 nitrogen and oxygen atoms in total. The van der Waals surface area contributed by atoms with Crippen LogP contribution in [-0.2, 0) is 22.9 Å². The molecule has 1 saturated heterocycles. The van der Waals surface area contributed by atoms with Crippen molar-refractivity contribution in [1.82, 2.24) is 15.3 Å². The number of aryl methyl sites for hydroxylation is 1. The zero-order chi connectivity index (χ0) is 21.7. The Balaban J connectivity index is 1.74. The zero-order valence-electron chi connectivity index (χ0n) is 17.9. The molecule has 2 atom stereocenters. The number of carbonyl (C=O) groups is 1. The van der Waals surface area contributed by atoms with Gasteiger partial charge in [0, 0.05) is 6.54 Å². The first kappa shape index (κ1) is 22.5. The Labute approximate surface area is 181 Å². The summed E-state index contributed by atoms with van der Waals surface area (Å²) in [6, 6.07) is 18.4. The predicted molar refractivity (Wildman–Crippen MR) is 120 cm³/mol. The Morgan fingerprint density at radius 3 is 2.37 bits per heavy atom. The summed E-state index contributed by atoms with van der Waals surface area (Å²) in [5, 5.41) is 1.46. The maximum absolute atomic E-state index is 13.0. The Bertz CT molecular complexity index is 866. The fourth-order valence-electron chi connectivity index (χ4n) is 3.74. The van der Waals surface area contributed by atoms with Crippen LogP contribution in [0.2, 0.25) is 0 Å². The first-order valence-corrected chi connectivity index (χ1v) is 11.6. The highest BCUT2D eigenvalue weighted by Crippen LogP contribution is 2.31. The minimum Gasteiger partial charge on any atom is -0.315 e. The number of hydrogen-bond donors (Lipinski definition) is 2. The number of carbonyl (C=O) groups excluding carboxylic acids is 1. The maximum Gasteiger partial charge on any atom is 0.335 e. The average molecular weight is 430 g/mol. The van der Waals surface area contributed by atoms with Gasteiger partial charge in [0.1, 0.15) is 5.88 Å². The summed E-state index contributed by atoms with van der Waals surface area (Å²) in [4.78, 5) is 14.8. The van der Waals surface area contributed by atoms with Crippen molar-refractivity contribution in [2.24, 2.45) is 0 Å². The van der Waals surface area contributed by atoms with Crippen molar-refractivity contribution in [3.63, 3.8) is 0 Å². The van der Waals surface area contributed by atoms with Gasteiger partial charge in [0.25, 0.3) is 0 Å². The van der Waals surface area contributed by atoms with Crippen LogP contribution in [0, 0.1) is 0 Å². The Morgan fingerprint density at radius 1 is 1.10 bits per heavy atom. The third-order valence-corrected chi connectivity index (χ3v) is 5.83. The van der Waals surface area contributed by atoms with Gasteiger partial charge in [0.05, 0.1) is 12.6 Å². The fraction of sp³-hybridized carbons (Fsp3) is 0.435. The van der Waals surface area contributed by atoms with Crippen molar-refractivity contribution in [2.45, 2.75) is 45.1 Å². The number of nitrogens with zero attached hydrogens (tertiary/aromatic N) is 2. The molecule has 0 radical (unpaired) electrons. The molecule has 1 unspecified atom stereocenters. The van der Waals surface area contributed by atoms with E-state index in [1.54, 1.807) is 0 Å². The van der Waals surface area contributed by atoms with E-state index in [0.717, 1.165) is 18.4 Å². The topological polar surface area (TPSA) is 72.9 Å². The summed E-state index contributed by atoms with van der Waals surface area (Å²) in [5.74, 6) is -0.167. The normalized spacial score (nSPS) is 18.1. The summed E-state index contributed by atoms with van der Waals surface area (Å²) in [6.07, 6.45) is 1.75. The van der Waals surface area contributed by atoms with Crippen molar-refractivity contribution in [2.75, 3.05) is 19.0 Å². The van der Waals surface area contributed by atoms with Gasteiger partial charge in [-0.3, -0.25) is 5.01 Å². The van der Waals surface area contributed by atoms with E-state index in [1.165, 1.54) is 16.1 Å². The molecule has 1 heterocycles. The van der Waals surface area contributed by atoms with E-state index >= 15 is 0 Å². The van der Waals surface area contributed by atoms with Gasteiger partial charge in [-0.25, -0.2) is 14.4 Å². The summed E-state index contributed by atoms with van der Waals surface area (Å²) < 4.78 is 20.1. The van der Waals surface area contributed by atoms with Crippen LogP contribution in [0.15, 0.2) is 54.6 Å². The summed E-state index contributed by atoms with van der Waals surface area (Å²) in [6.45, 7) is 7.60. The summed E-state index contributed by atoms with van der Waals surface area (Å²) >= 11 is -2.01. The lowest BCUT2D eigenvalue weighted by molar-refractivity contribution is 0.174. The van der Waals surface area contributed by atoms with E-state index < -0.39 is 11.1 Å². The molecular formula is C23H31N3O3S. The van der Waals surface area contributed by atoms with Crippen LogP contribution in [0.5, 0.6) is 0 Å². The van der Waals surface area contributed by atoms with Gasteiger partial charge < -0.3 is 9.45 Å². The zero-order valence-corrected chi connectivity index (χ0v) is 18.7. The van der Waals surface area contributed by atoms with Gasteiger partial charge in [-0.05, 0) is 34.9 Å². The van der Waals surface area contributed by atoms with Gasteiger partial charge in [-0.2, -0.15) is 0 Å². The second-order valence-electron chi connectivity index (χ2n) is 8.69. The Morgan fingerprint density at radius 2 is 1.77 bits per heavy atom. The molecule has 2 aromatic carbocycles. The minimum atomic E-state index is -2.01. The number of rotatable bonds is 8. The largest absolute Gasteiger partial charge is 0.335 e. The molecule has 2 aromatic rings. The molecule has 0 saturated carbocycles. The maximum atomic E-state index is 13.0. The molecule has 0 spiro atoms. The third kappa shape index (κ3) is 5.68. The van der Waals surface area contributed by atoms with E-state index in [1.807, 2.05) is 23.1 Å².